The molecule has 12 nitrogen and oxygen atoms in total. The summed E-state index contributed by atoms with van der Waals surface area (Å²) in [4.78, 5) is 8.76. The van der Waals surface area contributed by atoms with Crippen molar-refractivity contribution in [2.45, 2.75) is 129 Å². The number of fused-ring (bicyclic) bond motifs is 5. The molecule has 4 saturated carbocycles. The number of rotatable bonds is 19. The van der Waals surface area contributed by atoms with Crippen LogP contribution in [0.3, 0.4) is 0 Å². The summed E-state index contributed by atoms with van der Waals surface area (Å²) in [7, 11) is 0. The molecule has 11 atom stereocenters. The van der Waals surface area contributed by atoms with Crippen LogP contribution in [0.2, 0.25) is 0 Å². The van der Waals surface area contributed by atoms with E-state index in [0.29, 0.717) is 75.0 Å². The zero-order valence-corrected chi connectivity index (χ0v) is 28.9. The normalized spacial score (nSPS) is 37.0. The highest BCUT2D eigenvalue weighted by molar-refractivity contribution is 5.15. The van der Waals surface area contributed by atoms with Gasteiger partial charge in [-0.05, 0) is 122 Å². The molecule has 46 heavy (non-hydrogen) atoms. The molecule has 0 aliphatic heterocycles. The summed E-state index contributed by atoms with van der Waals surface area (Å²) in [6.07, 6.45) is 14.4. The fourth-order valence-corrected chi connectivity index (χ4v) is 10.6. The van der Waals surface area contributed by atoms with E-state index >= 15 is 0 Å². The molecular formula is C34H59N9O3. The fourth-order valence-electron chi connectivity index (χ4n) is 10.6. The number of ether oxygens (including phenoxy) is 3. The van der Waals surface area contributed by atoms with E-state index in [9.17, 15) is 0 Å². The molecule has 0 saturated heterocycles. The maximum absolute atomic E-state index is 8.80. The van der Waals surface area contributed by atoms with Crippen molar-refractivity contribution in [2.75, 3.05) is 39.5 Å². The average molecular weight is 642 g/mol. The molecule has 0 bridgehead atoms. The molecule has 258 valence electrons. The first-order valence-corrected chi connectivity index (χ1v) is 18.2. The Kier molecular flexibility index (Phi) is 14.2. The van der Waals surface area contributed by atoms with E-state index in [4.69, 9.17) is 30.8 Å². The van der Waals surface area contributed by atoms with Crippen molar-refractivity contribution < 1.29 is 14.2 Å². The number of azide groups is 3. The minimum atomic E-state index is 0.0783. The minimum Gasteiger partial charge on any atom is -0.378 e. The molecule has 0 heterocycles. The SMILES string of the molecule is CCCC[C@@H](C)[C@H]1CC[C@H]2C3[C@H](OCCCN=[N+]=[N-])C[C@@H]4C[C@H](OCCCN=[N+]=[N-])CC[C@]4(C)[C@H]3C[C@H](OCCCN=[N+]=[N-])[C@]12C. The molecule has 4 aliphatic carbocycles. The Morgan fingerprint density at radius 1 is 0.761 bits per heavy atom. The average Bonchev–Trinajstić information content (AvgIpc) is 3.41. The van der Waals surface area contributed by atoms with E-state index in [1.54, 1.807) is 0 Å². The van der Waals surface area contributed by atoms with Crippen LogP contribution in [0.25, 0.3) is 31.3 Å². The van der Waals surface area contributed by atoms with Crippen molar-refractivity contribution in [3.05, 3.63) is 31.3 Å². The second kappa shape index (κ2) is 17.8. The molecule has 4 fully saturated rings. The first kappa shape index (κ1) is 36.6. The summed E-state index contributed by atoms with van der Waals surface area (Å²) < 4.78 is 20.2. The third kappa shape index (κ3) is 8.26. The van der Waals surface area contributed by atoms with Crippen LogP contribution in [0.1, 0.15) is 111 Å². The lowest BCUT2D eigenvalue weighted by Gasteiger charge is -2.65. The molecule has 0 aromatic carbocycles. The number of hydrogen-bond acceptors (Lipinski definition) is 6. The van der Waals surface area contributed by atoms with Gasteiger partial charge in [-0.2, -0.15) is 0 Å². The fraction of sp³-hybridized carbons (Fsp3) is 1.00. The first-order chi connectivity index (χ1) is 22.3. The summed E-state index contributed by atoms with van der Waals surface area (Å²) in [5.74, 6) is 3.31. The maximum atomic E-state index is 8.80. The Morgan fingerprint density at radius 2 is 1.39 bits per heavy atom. The lowest BCUT2D eigenvalue weighted by molar-refractivity contribution is -0.227. The van der Waals surface area contributed by atoms with Crippen molar-refractivity contribution in [2.24, 2.45) is 61.7 Å². The van der Waals surface area contributed by atoms with E-state index in [1.807, 2.05) is 0 Å². The minimum absolute atomic E-state index is 0.0783. The van der Waals surface area contributed by atoms with Crippen LogP contribution in [0.15, 0.2) is 15.3 Å². The highest BCUT2D eigenvalue weighted by Crippen LogP contribution is 2.69. The molecule has 4 aliphatic rings. The standard InChI is InChI=1S/C34H59N9O3/c1-5-6-10-24(2)27-11-12-28-32-29(23-31(34(27,28)4)46-20-9-17-40-43-37)33(3)14-13-26(44-18-7-15-38-41-35)21-25(33)22-30(32)45-19-8-16-39-42-36/h24-32H,5-23H2,1-4H3/t24-,25+,26-,27-,28+,29+,30-,31+,32?,33+,34-/m1/s1. The molecule has 0 amide bonds. The van der Waals surface area contributed by atoms with Crippen LogP contribution in [0.4, 0.5) is 0 Å². The van der Waals surface area contributed by atoms with Gasteiger partial charge in [-0.3, -0.25) is 0 Å². The molecule has 1 unspecified atom stereocenters. The largest absolute Gasteiger partial charge is 0.378 e. The van der Waals surface area contributed by atoms with Crippen LogP contribution < -0.4 is 0 Å². The topological polar surface area (TPSA) is 174 Å². The van der Waals surface area contributed by atoms with Crippen LogP contribution >= 0.6 is 0 Å². The van der Waals surface area contributed by atoms with Crippen LogP contribution in [0, 0.1) is 46.3 Å². The molecule has 0 spiro atoms. The van der Waals surface area contributed by atoms with Gasteiger partial charge < -0.3 is 14.2 Å². The third-order valence-corrected chi connectivity index (χ3v) is 12.9. The van der Waals surface area contributed by atoms with E-state index in [0.717, 1.165) is 51.4 Å². The summed E-state index contributed by atoms with van der Waals surface area (Å²) in [5.41, 5.74) is 26.5. The summed E-state index contributed by atoms with van der Waals surface area (Å²) in [5, 5.41) is 11.2. The summed E-state index contributed by atoms with van der Waals surface area (Å²) >= 11 is 0. The van der Waals surface area contributed by atoms with Crippen LogP contribution in [-0.2, 0) is 14.2 Å². The zero-order chi connectivity index (χ0) is 33.0. The van der Waals surface area contributed by atoms with E-state index in [-0.39, 0.29) is 29.1 Å². The van der Waals surface area contributed by atoms with Gasteiger partial charge in [0.25, 0.3) is 0 Å². The Bertz CT molecular complexity index is 1110. The summed E-state index contributed by atoms with van der Waals surface area (Å²) in [6.45, 7) is 13.2. The predicted octanol–water partition coefficient (Wildman–Crippen LogP) is 9.95. The lowest BCUT2D eigenvalue weighted by atomic mass is 9.43. The predicted molar refractivity (Wildman–Crippen MR) is 180 cm³/mol. The lowest BCUT2D eigenvalue weighted by Crippen LogP contribution is -2.63. The van der Waals surface area contributed by atoms with Gasteiger partial charge in [-0.1, -0.05) is 62.3 Å². The van der Waals surface area contributed by atoms with Crippen molar-refractivity contribution in [1.82, 2.24) is 0 Å². The highest BCUT2D eigenvalue weighted by Gasteiger charge is 2.66. The van der Waals surface area contributed by atoms with Gasteiger partial charge in [-0.25, -0.2) is 0 Å². The Balaban J connectivity index is 1.61. The third-order valence-electron chi connectivity index (χ3n) is 12.9. The van der Waals surface area contributed by atoms with Gasteiger partial charge in [0.15, 0.2) is 0 Å². The molecular weight excluding hydrogens is 582 g/mol. The molecule has 0 aromatic rings. The van der Waals surface area contributed by atoms with Crippen molar-refractivity contribution in [3.63, 3.8) is 0 Å². The maximum Gasteiger partial charge on any atom is 0.0637 e. The quantitative estimate of drug-likeness (QED) is 0.0591. The summed E-state index contributed by atoms with van der Waals surface area (Å²) in [6, 6.07) is 0. The zero-order valence-electron chi connectivity index (χ0n) is 28.9. The van der Waals surface area contributed by atoms with E-state index in [2.05, 4.69) is 57.8 Å². The monoisotopic (exact) mass is 641 g/mol. The first-order valence-electron chi connectivity index (χ1n) is 18.2. The van der Waals surface area contributed by atoms with Crippen LogP contribution in [-0.4, -0.2) is 57.8 Å². The second-order valence-electron chi connectivity index (χ2n) is 15.1. The number of nitrogens with zero attached hydrogens (tertiary/aromatic N) is 9. The molecule has 0 N–H and O–H groups in total. The molecule has 4 rings (SSSR count). The van der Waals surface area contributed by atoms with Gasteiger partial charge >= 0.3 is 0 Å². The van der Waals surface area contributed by atoms with Crippen molar-refractivity contribution in [1.29, 1.82) is 0 Å². The molecule has 0 radical (unpaired) electrons. The Morgan fingerprint density at radius 3 is 2.02 bits per heavy atom. The van der Waals surface area contributed by atoms with Crippen LogP contribution in [0.5, 0.6) is 0 Å². The van der Waals surface area contributed by atoms with Gasteiger partial charge in [-0.15, -0.1) is 0 Å². The van der Waals surface area contributed by atoms with Gasteiger partial charge in [0.05, 0.1) is 18.3 Å². The Labute approximate surface area is 276 Å². The molecule has 0 aromatic heterocycles. The smallest absolute Gasteiger partial charge is 0.0637 e. The van der Waals surface area contributed by atoms with Crippen molar-refractivity contribution in [3.8, 4) is 0 Å². The van der Waals surface area contributed by atoms with Gasteiger partial charge in [0, 0.05) is 59.6 Å². The second-order valence-corrected chi connectivity index (χ2v) is 15.1. The van der Waals surface area contributed by atoms with Gasteiger partial charge in [0.1, 0.15) is 0 Å². The Hall–Kier alpha value is -2.19. The van der Waals surface area contributed by atoms with Gasteiger partial charge in [0.2, 0.25) is 0 Å². The number of hydrogen-bond donors (Lipinski definition) is 0. The number of unbranched alkanes of at least 4 members (excludes halogenated alkanes) is 1. The van der Waals surface area contributed by atoms with Crippen molar-refractivity contribution >= 4 is 0 Å². The molecule has 12 heteroatoms. The van der Waals surface area contributed by atoms with E-state index < -0.39 is 0 Å². The highest BCUT2D eigenvalue weighted by atomic mass is 16.5. The van der Waals surface area contributed by atoms with E-state index in [1.165, 1.54) is 32.1 Å².